The molecule has 0 fully saturated rings. The van der Waals surface area contributed by atoms with Gasteiger partial charge in [0.25, 0.3) is 0 Å². The number of aryl methyl sites for hydroxylation is 2. The second kappa shape index (κ2) is 5.96. The molecule has 0 bridgehead atoms. The van der Waals surface area contributed by atoms with Gasteiger partial charge in [-0.2, -0.15) is 0 Å². The van der Waals surface area contributed by atoms with Crippen molar-refractivity contribution in [3.8, 4) is 11.4 Å². The van der Waals surface area contributed by atoms with Crippen LogP contribution in [0, 0.1) is 18.6 Å². The summed E-state index contributed by atoms with van der Waals surface area (Å²) >= 11 is 0. The molecule has 3 rings (SSSR count). The van der Waals surface area contributed by atoms with E-state index in [2.05, 4.69) is 4.98 Å². The van der Waals surface area contributed by atoms with E-state index in [1.807, 2.05) is 19.1 Å². The summed E-state index contributed by atoms with van der Waals surface area (Å²) in [5.74, 6) is -1.28. The van der Waals surface area contributed by atoms with Crippen LogP contribution >= 0.6 is 0 Å². The number of imidazole rings is 1. The molecule has 6 heteroatoms. The molecule has 3 aromatic rings. The highest BCUT2D eigenvalue weighted by Crippen LogP contribution is 2.28. The van der Waals surface area contributed by atoms with Crippen molar-refractivity contribution in [2.75, 3.05) is 12.3 Å². The van der Waals surface area contributed by atoms with Crippen molar-refractivity contribution in [1.82, 2.24) is 9.55 Å². The molecule has 0 unspecified atom stereocenters. The molecule has 1 heterocycles. The third kappa shape index (κ3) is 2.77. The number of hydrogen-bond acceptors (Lipinski definition) is 3. The SMILES string of the molecule is Cc1ccc(-c2nc3cc(F)c(F)cc3n2CCCO)cc1N. The van der Waals surface area contributed by atoms with E-state index in [1.165, 1.54) is 0 Å². The van der Waals surface area contributed by atoms with Gasteiger partial charge in [0.15, 0.2) is 11.6 Å². The maximum atomic E-state index is 13.6. The number of anilines is 1. The quantitative estimate of drug-likeness (QED) is 0.726. The highest BCUT2D eigenvalue weighted by molar-refractivity contribution is 5.81. The maximum absolute atomic E-state index is 13.6. The van der Waals surface area contributed by atoms with E-state index in [4.69, 9.17) is 10.8 Å². The average Bonchev–Trinajstić information content (AvgIpc) is 2.86. The van der Waals surface area contributed by atoms with Crippen LogP contribution in [0.3, 0.4) is 0 Å². The predicted molar refractivity (Wildman–Crippen MR) is 85.9 cm³/mol. The van der Waals surface area contributed by atoms with Gasteiger partial charge in [-0.25, -0.2) is 13.8 Å². The first kappa shape index (κ1) is 15.4. The number of halogens is 2. The Morgan fingerprint density at radius 2 is 1.91 bits per heavy atom. The van der Waals surface area contributed by atoms with Crippen molar-refractivity contribution in [2.24, 2.45) is 0 Å². The summed E-state index contributed by atoms with van der Waals surface area (Å²) in [5, 5.41) is 9.09. The normalized spacial score (nSPS) is 11.3. The van der Waals surface area contributed by atoms with Crippen LogP contribution in [0.2, 0.25) is 0 Å². The van der Waals surface area contributed by atoms with Gasteiger partial charge in [0.2, 0.25) is 0 Å². The van der Waals surface area contributed by atoms with E-state index in [-0.39, 0.29) is 6.61 Å². The van der Waals surface area contributed by atoms with Gasteiger partial charge in [0.05, 0.1) is 11.0 Å². The lowest BCUT2D eigenvalue weighted by atomic mass is 10.1. The van der Waals surface area contributed by atoms with Gasteiger partial charge in [-0.15, -0.1) is 0 Å². The number of fused-ring (bicyclic) bond motifs is 1. The predicted octanol–water partition coefficient (Wildman–Crippen LogP) is 3.25. The molecule has 3 N–H and O–H groups in total. The van der Waals surface area contributed by atoms with Crippen LogP contribution < -0.4 is 5.73 Å². The fourth-order valence-corrected chi connectivity index (χ4v) is 2.58. The standard InChI is InChI=1S/C17H17F2N3O/c1-10-3-4-11(7-14(10)20)17-21-15-8-12(18)13(19)9-16(15)22(17)5-2-6-23/h3-4,7-9,23H,2,5-6,20H2,1H3. The first-order chi connectivity index (χ1) is 11.0. The first-order valence-electron chi connectivity index (χ1n) is 7.34. The van der Waals surface area contributed by atoms with Crippen molar-refractivity contribution < 1.29 is 13.9 Å². The van der Waals surface area contributed by atoms with E-state index in [0.717, 1.165) is 23.3 Å². The van der Waals surface area contributed by atoms with Crippen molar-refractivity contribution >= 4 is 16.7 Å². The zero-order chi connectivity index (χ0) is 16.6. The summed E-state index contributed by atoms with van der Waals surface area (Å²) in [6.07, 6.45) is 0.485. The summed E-state index contributed by atoms with van der Waals surface area (Å²) in [4.78, 5) is 4.43. The number of hydrogen-bond donors (Lipinski definition) is 2. The molecule has 0 saturated carbocycles. The Balaban J connectivity index is 2.23. The Morgan fingerprint density at radius 1 is 1.17 bits per heavy atom. The summed E-state index contributed by atoms with van der Waals surface area (Å²) in [6, 6.07) is 7.76. The molecular weight excluding hydrogens is 300 g/mol. The fourth-order valence-electron chi connectivity index (χ4n) is 2.58. The molecule has 1 aromatic heterocycles. The lowest BCUT2D eigenvalue weighted by Gasteiger charge is -2.10. The monoisotopic (exact) mass is 317 g/mol. The summed E-state index contributed by atoms with van der Waals surface area (Å²) < 4.78 is 28.8. The van der Waals surface area contributed by atoms with E-state index in [1.54, 1.807) is 10.6 Å². The Labute approximate surface area is 132 Å². The molecule has 0 aliphatic heterocycles. The first-order valence-corrected chi connectivity index (χ1v) is 7.34. The Morgan fingerprint density at radius 3 is 2.61 bits per heavy atom. The number of nitrogens with two attached hydrogens (primary N) is 1. The van der Waals surface area contributed by atoms with Crippen molar-refractivity contribution in [3.63, 3.8) is 0 Å². The molecular formula is C17H17F2N3O. The molecule has 120 valence electrons. The second-order valence-corrected chi connectivity index (χ2v) is 5.49. The summed E-state index contributed by atoms with van der Waals surface area (Å²) in [6.45, 7) is 2.35. The number of aliphatic hydroxyl groups excluding tert-OH is 1. The molecule has 23 heavy (non-hydrogen) atoms. The minimum absolute atomic E-state index is 0.00116. The van der Waals surface area contributed by atoms with Crippen LogP contribution in [-0.2, 0) is 6.54 Å². The molecule has 0 aliphatic rings. The fraction of sp³-hybridized carbons (Fsp3) is 0.235. The third-order valence-corrected chi connectivity index (χ3v) is 3.87. The number of nitrogen functional groups attached to an aromatic ring is 1. The molecule has 0 radical (unpaired) electrons. The molecule has 0 atom stereocenters. The molecule has 2 aromatic carbocycles. The van der Waals surface area contributed by atoms with E-state index in [0.29, 0.717) is 35.5 Å². The average molecular weight is 317 g/mol. The molecule has 0 spiro atoms. The van der Waals surface area contributed by atoms with Gasteiger partial charge in [0, 0.05) is 36.5 Å². The Hall–Kier alpha value is -2.47. The van der Waals surface area contributed by atoms with E-state index >= 15 is 0 Å². The van der Waals surface area contributed by atoms with E-state index < -0.39 is 11.6 Å². The molecule has 4 nitrogen and oxygen atoms in total. The van der Waals surface area contributed by atoms with Crippen LogP contribution in [0.1, 0.15) is 12.0 Å². The number of rotatable bonds is 4. The van der Waals surface area contributed by atoms with E-state index in [9.17, 15) is 8.78 Å². The lowest BCUT2D eigenvalue weighted by molar-refractivity contribution is 0.281. The smallest absolute Gasteiger partial charge is 0.161 e. The Kier molecular flexibility index (Phi) is 4.00. The molecule has 0 amide bonds. The second-order valence-electron chi connectivity index (χ2n) is 5.49. The van der Waals surface area contributed by atoms with Crippen LogP contribution in [0.5, 0.6) is 0 Å². The zero-order valence-electron chi connectivity index (χ0n) is 12.7. The van der Waals surface area contributed by atoms with Gasteiger partial charge in [-0.05, 0) is 25.0 Å². The topological polar surface area (TPSA) is 64.1 Å². The zero-order valence-corrected chi connectivity index (χ0v) is 12.7. The molecule has 0 saturated heterocycles. The summed E-state index contributed by atoms with van der Waals surface area (Å²) in [5.41, 5.74) is 9.16. The number of aromatic nitrogens is 2. The number of aliphatic hydroxyl groups is 1. The Bertz CT molecular complexity index is 874. The minimum Gasteiger partial charge on any atom is -0.398 e. The third-order valence-electron chi connectivity index (χ3n) is 3.87. The van der Waals surface area contributed by atoms with Gasteiger partial charge < -0.3 is 15.4 Å². The van der Waals surface area contributed by atoms with Crippen LogP contribution in [-0.4, -0.2) is 21.3 Å². The van der Waals surface area contributed by atoms with Crippen molar-refractivity contribution in [3.05, 3.63) is 47.5 Å². The molecule has 0 aliphatic carbocycles. The van der Waals surface area contributed by atoms with Gasteiger partial charge in [-0.3, -0.25) is 0 Å². The lowest BCUT2D eigenvalue weighted by Crippen LogP contribution is -2.03. The van der Waals surface area contributed by atoms with Crippen molar-refractivity contribution in [1.29, 1.82) is 0 Å². The largest absolute Gasteiger partial charge is 0.398 e. The van der Waals surface area contributed by atoms with Crippen LogP contribution in [0.25, 0.3) is 22.4 Å². The van der Waals surface area contributed by atoms with Gasteiger partial charge in [0.1, 0.15) is 5.82 Å². The van der Waals surface area contributed by atoms with Gasteiger partial charge >= 0.3 is 0 Å². The number of benzene rings is 2. The number of nitrogens with zero attached hydrogens (tertiary/aromatic N) is 2. The highest BCUT2D eigenvalue weighted by Gasteiger charge is 2.16. The maximum Gasteiger partial charge on any atom is 0.161 e. The van der Waals surface area contributed by atoms with Crippen LogP contribution in [0.4, 0.5) is 14.5 Å². The van der Waals surface area contributed by atoms with Crippen molar-refractivity contribution in [2.45, 2.75) is 19.9 Å². The van der Waals surface area contributed by atoms with Gasteiger partial charge in [-0.1, -0.05) is 12.1 Å². The van der Waals surface area contributed by atoms with Crippen LogP contribution in [0.15, 0.2) is 30.3 Å². The highest BCUT2D eigenvalue weighted by atomic mass is 19.2. The summed E-state index contributed by atoms with van der Waals surface area (Å²) in [7, 11) is 0. The minimum atomic E-state index is -0.931.